The number of aliphatic hydroxyl groups is 2. The first kappa shape index (κ1) is 34.3. The maximum atomic E-state index is 10.5. The van der Waals surface area contributed by atoms with Crippen LogP contribution in [0.1, 0.15) is 111 Å². The molecule has 0 saturated carbocycles. The first-order valence-electron chi connectivity index (χ1n) is 13.6. The van der Waals surface area contributed by atoms with Gasteiger partial charge in [0.25, 0.3) is 0 Å². The van der Waals surface area contributed by atoms with Crippen molar-refractivity contribution in [3.8, 4) is 0 Å². The predicted molar refractivity (Wildman–Crippen MR) is 150 cm³/mol. The Bertz CT molecular complexity index is 789. The van der Waals surface area contributed by atoms with Gasteiger partial charge in [-0.1, -0.05) is 71.7 Å². The number of benzene rings is 2. The van der Waals surface area contributed by atoms with Crippen molar-refractivity contribution in [2.45, 2.75) is 105 Å². The van der Waals surface area contributed by atoms with Gasteiger partial charge >= 0.3 is 11.9 Å². The maximum absolute atomic E-state index is 10.5. The van der Waals surface area contributed by atoms with Gasteiger partial charge in [-0.15, -0.1) is 0 Å². The third kappa shape index (κ3) is 14.6. The predicted octanol–water partition coefficient (Wildman–Crippen LogP) is 7.01. The molecule has 0 fully saturated rings. The molecule has 0 aliphatic carbocycles. The average molecular weight is 517 g/mol. The van der Waals surface area contributed by atoms with Crippen molar-refractivity contribution < 1.29 is 30.0 Å². The minimum atomic E-state index is -0.859. The Labute approximate surface area is 223 Å². The van der Waals surface area contributed by atoms with Crippen molar-refractivity contribution >= 4 is 11.9 Å². The van der Waals surface area contributed by atoms with Crippen LogP contribution in [0.4, 0.5) is 0 Å². The molecule has 2 aromatic rings. The van der Waals surface area contributed by atoms with Crippen LogP contribution in [0.3, 0.4) is 0 Å². The van der Waals surface area contributed by atoms with Gasteiger partial charge in [0.05, 0.1) is 23.3 Å². The molecule has 37 heavy (non-hydrogen) atoms. The molecule has 4 N–H and O–H groups in total. The first-order chi connectivity index (χ1) is 17.6. The van der Waals surface area contributed by atoms with E-state index in [9.17, 15) is 19.8 Å². The van der Waals surface area contributed by atoms with Crippen molar-refractivity contribution in [3.63, 3.8) is 0 Å². The molecule has 2 rings (SSSR count). The summed E-state index contributed by atoms with van der Waals surface area (Å²) in [5.41, 5.74) is 3.15. The van der Waals surface area contributed by atoms with Crippen LogP contribution in [0.5, 0.6) is 0 Å². The first-order valence-corrected chi connectivity index (χ1v) is 13.6. The monoisotopic (exact) mass is 516 g/mol. The molecule has 0 amide bonds. The van der Waals surface area contributed by atoms with E-state index in [1.807, 2.05) is 45.0 Å². The number of carbonyl (C=O) groups is 2. The van der Waals surface area contributed by atoms with E-state index in [1.165, 1.54) is 24.0 Å². The lowest BCUT2D eigenvalue weighted by Gasteiger charge is -2.24. The van der Waals surface area contributed by atoms with Gasteiger partial charge in [0.15, 0.2) is 0 Å². The van der Waals surface area contributed by atoms with Gasteiger partial charge < -0.3 is 20.4 Å². The Kier molecular flexibility index (Phi) is 18.9. The third-order valence-corrected chi connectivity index (χ3v) is 6.34. The zero-order valence-corrected chi connectivity index (χ0v) is 23.3. The molecule has 6 nitrogen and oxygen atoms in total. The van der Waals surface area contributed by atoms with Crippen LogP contribution in [0.15, 0.2) is 48.5 Å². The van der Waals surface area contributed by atoms with Crippen molar-refractivity contribution in [2.24, 2.45) is 5.92 Å². The second kappa shape index (κ2) is 20.4. The topological polar surface area (TPSA) is 115 Å². The second-order valence-electron chi connectivity index (χ2n) is 9.23. The molecule has 0 saturated heterocycles. The van der Waals surface area contributed by atoms with Gasteiger partial charge in [-0.3, -0.25) is 0 Å². The zero-order valence-electron chi connectivity index (χ0n) is 23.3. The second-order valence-corrected chi connectivity index (χ2v) is 9.23. The summed E-state index contributed by atoms with van der Waals surface area (Å²) in [6.07, 6.45) is 8.37. The quantitative estimate of drug-likeness (QED) is 0.228. The van der Waals surface area contributed by atoms with Gasteiger partial charge in [0.1, 0.15) is 0 Å². The highest BCUT2D eigenvalue weighted by Crippen LogP contribution is 2.18. The van der Waals surface area contributed by atoms with Crippen LogP contribution in [-0.4, -0.2) is 44.6 Å². The highest BCUT2D eigenvalue weighted by atomic mass is 16.4. The number of aryl methyl sites for hydroxylation is 2. The molecule has 2 unspecified atom stereocenters. The molecule has 0 radical (unpaired) electrons. The zero-order chi connectivity index (χ0) is 28.2. The van der Waals surface area contributed by atoms with Crippen molar-refractivity contribution in [1.29, 1.82) is 0 Å². The van der Waals surface area contributed by atoms with Gasteiger partial charge in [0, 0.05) is 5.92 Å². The summed E-state index contributed by atoms with van der Waals surface area (Å²) in [6.45, 7) is 10.2. The molecule has 0 aliphatic heterocycles. The Balaban J connectivity index is 0.000000528. The molecular weight excluding hydrogens is 468 g/mol. The number of unbranched alkanes of at least 4 members (excludes halogenated alkanes) is 2. The fraction of sp³-hybridized carbons (Fsp3) is 0.548. The third-order valence-electron chi connectivity index (χ3n) is 6.34. The van der Waals surface area contributed by atoms with Crippen molar-refractivity contribution in [1.82, 2.24) is 0 Å². The van der Waals surface area contributed by atoms with E-state index in [0.717, 1.165) is 44.9 Å². The van der Waals surface area contributed by atoms with E-state index in [4.69, 9.17) is 10.2 Å². The number of carboxylic acid groups (broad SMARTS) is 2. The summed E-state index contributed by atoms with van der Waals surface area (Å²) in [5.74, 6) is -1.66. The largest absolute Gasteiger partial charge is 0.478 e. The minimum Gasteiger partial charge on any atom is -0.478 e. The minimum absolute atomic E-state index is 0.0602. The summed E-state index contributed by atoms with van der Waals surface area (Å²) in [7, 11) is 0. The Morgan fingerprint density at radius 2 is 0.919 bits per heavy atom. The van der Waals surface area contributed by atoms with Crippen molar-refractivity contribution in [3.05, 3.63) is 70.8 Å². The van der Waals surface area contributed by atoms with E-state index in [-0.39, 0.29) is 18.1 Å². The summed E-state index contributed by atoms with van der Waals surface area (Å²) >= 11 is 0. The highest BCUT2D eigenvalue weighted by molar-refractivity contribution is 5.87. The Hall–Kier alpha value is -2.70. The highest BCUT2D eigenvalue weighted by Gasteiger charge is 2.22. The maximum Gasteiger partial charge on any atom is 0.335 e. The van der Waals surface area contributed by atoms with Crippen LogP contribution < -0.4 is 0 Å². The molecule has 0 aliphatic rings. The van der Waals surface area contributed by atoms with Crippen LogP contribution in [0.2, 0.25) is 0 Å². The van der Waals surface area contributed by atoms with Gasteiger partial charge in [0.2, 0.25) is 0 Å². The number of aliphatic hydroxyl groups excluding tert-OH is 2. The number of hydrogen-bond acceptors (Lipinski definition) is 4. The Morgan fingerprint density at radius 1 is 0.595 bits per heavy atom. The van der Waals surface area contributed by atoms with Crippen LogP contribution >= 0.6 is 0 Å². The fourth-order valence-corrected chi connectivity index (χ4v) is 3.80. The van der Waals surface area contributed by atoms with E-state index in [2.05, 4.69) is 13.8 Å². The molecule has 0 bridgehead atoms. The number of carboxylic acids is 2. The molecule has 2 aromatic carbocycles. The van der Waals surface area contributed by atoms with E-state index in [0.29, 0.717) is 11.1 Å². The fourth-order valence-electron chi connectivity index (χ4n) is 3.80. The van der Waals surface area contributed by atoms with Gasteiger partial charge in [-0.05, 0) is 80.3 Å². The standard InChI is InChI=1S/2C11H14O2.C9H20O2/c2*1-2-3-4-9-5-7-10(8-6-9)11(12)13;1-4-7(8(10)5-2)9(11)6-3/h2*5-8H,2-4H2,1H3,(H,12,13);7-11H,4-6H2,1-3H3. The van der Waals surface area contributed by atoms with Crippen LogP contribution in [-0.2, 0) is 12.8 Å². The SMILES string of the molecule is CCC(O)C(CC)C(O)CC.CCCCc1ccc(C(=O)O)cc1.CCCCc1ccc(C(=O)O)cc1. The molecule has 0 spiro atoms. The molecular formula is C31H48O6. The molecule has 6 heteroatoms. The summed E-state index contributed by atoms with van der Waals surface area (Å²) < 4.78 is 0. The molecule has 2 atom stereocenters. The summed E-state index contributed by atoms with van der Waals surface area (Å²) in [4.78, 5) is 21.1. The smallest absolute Gasteiger partial charge is 0.335 e. The van der Waals surface area contributed by atoms with E-state index < -0.39 is 11.9 Å². The van der Waals surface area contributed by atoms with Gasteiger partial charge in [-0.25, -0.2) is 9.59 Å². The van der Waals surface area contributed by atoms with Crippen LogP contribution in [0, 0.1) is 5.92 Å². The molecule has 208 valence electrons. The average Bonchev–Trinajstić information content (AvgIpc) is 2.91. The number of rotatable bonds is 13. The lowest BCUT2D eigenvalue weighted by molar-refractivity contribution is 0.00713. The molecule has 0 heterocycles. The lowest BCUT2D eigenvalue weighted by Crippen LogP contribution is -2.30. The van der Waals surface area contributed by atoms with Gasteiger partial charge in [-0.2, -0.15) is 0 Å². The Morgan fingerprint density at radius 3 is 1.14 bits per heavy atom. The van der Waals surface area contributed by atoms with Crippen molar-refractivity contribution in [2.75, 3.05) is 0 Å². The number of aromatic carboxylic acids is 2. The van der Waals surface area contributed by atoms with E-state index >= 15 is 0 Å². The summed E-state index contributed by atoms with van der Waals surface area (Å²) in [6, 6.07) is 14.2. The number of hydrogen-bond donors (Lipinski definition) is 4. The van der Waals surface area contributed by atoms with E-state index in [1.54, 1.807) is 24.3 Å². The summed E-state index contributed by atoms with van der Waals surface area (Å²) in [5, 5.41) is 36.2. The van der Waals surface area contributed by atoms with Crippen LogP contribution in [0.25, 0.3) is 0 Å². The normalized spacial score (nSPS) is 12.7. The molecule has 0 aromatic heterocycles. The lowest BCUT2D eigenvalue weighted by atomic mass is 9.90.